The van der Waals surface area contributed by atoms with Crippen LogP contribution in [0.1, 0.15) is 53.6 Å². The van der Waals surface area contributed by atoms with Gasteiger partial charge in [-0.15, -0.1) is 0 Å². The van der Waals surface area contributed by atoms with Gasteiger partial charge in [-0.2, -0.15) is 4.37 Å². The Morgan fingerprint density at radius 2 is 2.12 bits per heavy atom. The van der Waals surface area contributed by atoms with Crippen molar-refractivity contribution in [2.24, 2.45) is 0 Å². The lowest BCUT2D eigenvalue weighted by Gasteiger charge is -2.34. The number of imidazole rings is 1. The van der Waals surface area contributed by atoms with Crippen LogP contribution in [0.5, 0.6) is 0 Å². The lowest BCUT2D eigenvalue weighted by Crippen LogP contribution is -2.35. The minimum absolute atomic E-state index is 0.174. The Morgan fingerprint density at radius 1 is 1.29 bits per heavy atom. The predicted molar refractivity (Wildman–Crippen MR) is 95.0 cm³/mol. The number of hydrogen-bond acceptors (Lipinski definition) is 5. The first-order chi connectivity index (χ1) is 11.7. The van der Waals surface area contributed by atoms with Crippen molar-refractivity contribution in [1.29, 1.82) is 0 Å². The van der Waals surface area contributed by atoms with Crippen LogP contribution in [-0.4, -0.2) is 30.8 Å². The Morgan fingerprint density at radius 3 is 2.88 bits per heavy atom. The standard InChI is InChI=1S/C18H21N5S/c1-12(2)18-21-15(24-22-18)10-23-9-8-14-16(20-11-19-14)17(23)13-6-4-3-5-7-13/h3-7,11-12,17H,8-10H2,1-2H3,(H,19,20). The molecule has 1 aliphatic rings. The molecule has 0 saturated carbocycles. The first-order valence-electron chi connectivity index (χ1n) is 8.36. The zero-order chi connectivity index (χ0) is 16.5. The highest BCUT2D eigenvalue weighted by Gasteiger charge is 2.31. The number of rotatable bonds is 4. The fourth-order valence-electron chi connectivity index (χ4n) is 3.24. The Kier molecular flexibility index (Phi) is 4.16. The van der Waals surface area contributed by atoms with E-state index in [2.05, 4.69) is 63.4 Å². The van der Waals surface area contributed by atoms with Gasteiger partial charge in [-0.1, -0.05) is 44.2 Å². The molecule has 1 aliphatic heterocycles. The van der Waals surface area contributed by atoms with Gasteiger partial charge < -0.3 is 4.98 Å². The molecule has 24 heavy (non-hydrogen) atoms. The van der Waals surface area contributed by atoms with E-state index in [4.69, 9.17) is 4.98 Å². The molecular weight excluding hydrogens is 318 g/mol. The van der Waals surface area contributed by atoms with Gasteiger partial charge >= 0.3 is 0 Å². The van der Waals surface area contributed by atoms with Crippen molar-refractivity contribution in [2.75, 3.05) is 6.54 Å². The zero-order valence-corrected chi connectivity index (χ0v) is 14.8. The van der Waals surface area contributed by atoms with Crippen LogP contribution >= 0.6 is 11.5 Å². The second-order valence-corrected chi connectivity index (χ2v) is 7.34. The molecule has 0 spiro atoms. The van der Waals surface area contributed by atoms with Gasteiger partial charge in [0.15, 0.2) is 0 Å². The Balaban J connectivity index is 1.66. The summed E-state index contributed by atoms with van der Waals surface area (Å²) in [6.45, 7) is 6.08. The van der Waals surface area contributed by atoms with E-state index in [9.17, 15) is 0 Å². The van der Waals surface area contributed by atoms with E-state index in [1.807, 2.05) is 6.33 Å². The fraction of sp³-hybridized carbons (Fsp3) is 0.389. The summed E-state index contributed by atoms with van der Waals surface area (Å²) < 4.78 is 4.50. The third kappa shape index (κ3) is 2.87. The number of fused-ring (bicyclic) bond motifs is 1. The summed E-state index contributed by atoms with van der Waals surface area (Å²) in [7, 11) is 0. The highest BCUT2D eigenvalue weighted by Crippen LogP contribution is 2.34. The summed E-state index contributed by atoms with van der Waals surface area (Å²) in [5, 5.41) is 1.08. The number of benzene rings is 1. The predicted octanol–water partition coefficient (Wildman–Crippen LogP) is 3.53. The van der Waals surface area contributed by atoms with Crippen LogP contribution in [0.4, 0.5) is 0 Å². The quantitative estimate of drug-likeness (QED) is 0.790. The third-order valence-electron chi connectivity index (χ3n) is 4.48. The molecule has 1 unspecified atom stereocenters. The van der Waals surface area contributed by atoms with Crippen molar-refractivity contribution in [3.63, 3.8) is 0 Å². The first kappa shape index (κ1) is 15.5. The second kappa shape index (κ2) is 6.45. The van der Waals surface area contributed by atoms with Crippen LogP contribution in [-0.2, 0) is 13.0 Å². The van der Waals surface area contributed by atoms with E-state index in [0.717, 1.165) is 36.0 Å². The van der Waals surface area contributed by atoms with E-state index in [0.29, 0.717) is 5.92 Å². The number of nitrogens with zero attached hydrogens (tertiary/aromatic N) is 4. The molecule has 124 valence electrons. The minimum Gasteiger partial charge on any atom is -0.348 e. The average molecular weight is 339 g/mol. The van der Waals surface area contributed by atoms with Crippen LogP contribution in [0, 0.1) is 0 Å². The van der Waals surface area contributed by atoms with Crippen LogP contribution in [0.15, 0.2) is 36.7 Å². The van der Waals surface area contributed by atoms with Crippen molar-refractivity contribution in [2.45, 2.75) is 38.8 Å². The third-order valence-corrected chi connectivity index (χ3v) is 5.19. The maximum atomic E-state index is 4.71. The molecular formula is C18H21N5S. The highest BCUT2D eigenvalue weighted by molar-refractivity contribution is 7.05. The van der Waals surface area contributed by atoms with Gasteiger partial charge in [0.25, 0.3) is 0 Å². The van der Waals surface area contributed by atoms with Crippen molar-refractivity contribution in [3.05, 3.63) is 64.4 Å². The van der Waals surface area contributed by atoms with Gasteiger partial charge in [0.1, 0.15) is 10.8 Å². The second-order valence-electron chi connectivity index (χ2n) is 6.50. The van der Waals surface area contributed by atoms with Crippen LogP contribution in [0.25, 0.3) is 0 Å². The molecule has 1 aromatic carbocycles. The van der Waals surface area contributed by atoms with E-state index in [1.165, 1.54) is 22.8 Å². The monoisotopic (exact) mass is 339 g/mol. The summed E-state index contributed by atoms with van der Waals surface area (Å²) >= 11 is 1.52. The van der Waals surface area contributed by atoms with E-state index in [-0.39, 0.29) is 6.04 Å². The normalized spacial score (nSPS) is 18.0. The largest absolute Gasteiger partial charge is 0.348 e. The smallest absolute Gasteiger partial charge is 0.145 e. The van der Waals surface area contributed by atoms with Gasteiger partial charge in [0.2, 0.25) is 0 Å². The number of H-pyrrole nitrogens is 1. The van der Waals surface area contributed by atoms with E-state index >= 15 is 0 Å². The lowest BCUT2D eigenvalue weighted by atomic mass is 9.96. The molecule has 1 atom stereocenters. The average Bonchev–Trinajstić information content (AvgIpc) is 3.24. The number of nitrogens with one attached hydrogen (secondary N) is 1. The molecule has 5 nitrogen and oxygen atoms in total. The SMILES string of the molecule is CC(C)c1nsc(CN2CCc3[nH]cnc3C2c2ccccc2)n1. The summed E-state index contributed by atoms with van der Waals surface area (Å²) in [6.07, 6.45) is 2.81. The summed E-state index contributed by atoms with van der Waals surface area (Å²) in [6, 6.07) is 10.8. The van der Waals surface area contributed by atoms with E-state index < -0.39 is 0 Å². The van der Waals surface area contributed by atoms with Gasteiger partial charge in [0, 0.05) is 24.6 Å². The fourth-order valence-corrected chi connectivity index (χ4v) is 4.05. The molecule has 0 bridgehead atoms. The molecule has 0 fully saturated rings. The topological polar surface area (TPSA) is 57.7 Å². The zero-order valence-electron chi connectivity index (χ0n) is 13.9. The Hall–Kier alpha value is -2.05. The van der Waals surface area contributed by atoms with Crippen molar-refractivity contribution >= 4 is 11.5 Å². The number of aromatic nitrogens is 4. The summed E-state index contributed by atoms with van der Waals surface area (Å²) in [5.74, 6) is 1.32. The van der Waals surface area contributed by atoms with Crippen LogP contribution in [0.3, 0.4) is 0 Å². The molecule has 0 radical (unpaired) electrons. The lowest BCUT2D eigenvalue weighted by molar-refractivity contribution is 0.200. The molecule has 3 heterocycles. The van der Waals surface area contributed by atoms with Gasteiger partial charge in [-0.05, 0) is 17.1 Å². The maximum absolute atomic E-state index is 4.71. The van der Waals surface area contributed by atoms with Crippen LogP contribution < -0.4 is 0 Å². The summed E-state index contributed by atoms with van der Waals surface area (Å²) in [5.41, 5.74) is 3.67. The summed E-state index contributed by atoms with van der Waals surface area (Å²) in [4.78, 5) is 15.1. The highest BCUT2D eigenvalue weighted by atomic mass is 32.1. The Labute approximate surface area is 146 Å². The molecule has 6 heteroatoms. The first-order valence-corrected chi connectivity index (χ1v) is 9.13. The molecule has 0 amide bonds. The molecule has 2 aromatic heterocycles. The molecule has 0 aliphatic carbocycles. The Bertz CT molecular complexity index is 808. The van der Waals surface area contributed by atoms with Crippen molar-refractivity contribution in [3.8, 4) is 0 Å². The van der Waals surface area contributed by atoms with Gasteiger partial charge in [-0.3, -0.25) is 4.90 Å². The van der Waals surface area contributed by atoms with Crippen LogP contribution in [0.2, 0.25) is 0 Å². The number of hydrogen-bond donors (Lipinski definition) is 1. The minimum atomic E-state index is 0.174. The molecule has 0 saturated heterocycles. The van der Waals surface area contributed by atoms with E-state index in [1.54, 1.807) is 0 Å². The van der Waals surface area contributed by atoms with Crippen molar-refractivity contribution < 1.29 is 0 Å². The number of aromatic amines is 1. The maximum Gasteiger partial charge on any atom is 0.145 e. The molecule has 1 N–H and O–H groups in total. The van der Waals surface area contributed by atoms with Gasteiger partial charge in [-0.25, -0.2) is 9.97 Å². The van der Waals surface area contributed by atoms with Gasteiger partial charge in [0.05, 0.1) is 24.6 Å². The molecule has 4 rings (SSSR count). The molecule has 3 aromatic rings. The van der Waals surface area contributed by atoms with Crippen molar-refractivity contribution in [1.82, 2.24) is 24.2 Å².